The van der Waals surface area contributed by atoms with Crippen molar-refractivity contribution in [3.05, 3.63) is 29.8 Å². The third kappa shape index (κ3) is 4.40. The molecule has 0 aliphatic rings. The number of nitrogens with zero attached hydrogens (tertiary/aromatic N) is 1. The highest BCUT2D eigenvalue weighted by Crippen LogP contribution is 2.25. The van der Waals surface area contributed by atoms with Gasteiger partial charge in [-0.2, -0.15) is 0 Å². The molecule has 0 radical (unpaired) electrons. The first-order valence-corrected chi connectivity index (χ1v) is 6.64. The molecule has 1 atom stereocenters. The summed E-state index contributed by atoms with van der Waals surface area (Å²) in [5.41, 5.74) is 1.05. The lowest BCUT2D eigenvalue weighted by Gasteiger charge is -2.23. The minimum atomic E-state index is -0.768. The number of carboxylic acids is 1. The van der Waals surface area contributed by atoms with Gasteiger partial charge in [-0.1, -0.05) is 19.1 Å². The average Bonchev–Trinajstić information content (AvgIpc) is 2.27. The Morgan fingerprint density at radius 3 is 2.35 bits per heavy atom. The van der Waals surface area contributed by atoms with E-state index < -0.39 is 5.97 Å². The summed E-state index contributed by atoms with van der Waals surface area (Å²) in [6.07, 6.45) is 0.132. The quantitative estimate of drug-likeness (QED) is 0.791. The highest BCUT2D eigenvalue weighted by Gasteiger charge is 2.17. The molecule has 0 amide bonds. The summed E-state index contributed by atoms with van der Waals surface area (Å²) < 4.78 is 0. The van der Waals surface area contributed by atoms with Crippen molar-refractivity contribution in [2.45, 2.75) is 24.3 Å². The van der Waals surface area contributed by atoms with Crippen molar-refractivity contribution in [1.82, 2.24) is 4.90 Å². The van der Waals surface area contributed by atoms with Gasteiger partial charge in [0.2, 0.25) is 0 Å². The molecule has 1 N–H and O–H groups in total. The molecule has 1 unspecified atom stereocenters. The molecule has 94 valence electrons. The van der Waals surface area contributed by atoms with Gasteiger partial charge >= 0.3 is 5.97 Å². The number of benzene rings is 1. The minimum absolute atomic E-state index is 0.0619. The third-order valence-electron chi connectivity index (χ3n) is 2.57. The van der Waals surface area contributed by atoms with E-state index in [1.54, 1.807) is 11.8 Å². The summed E-state index contributed by atoms with van der Waals surface area (Å²) in [4.78, 5) is 14.0. The van der Waals surface area contributed by atoms with E-state index in [1.165, 1.54) is 4.90 Å². The number of hydrogen-bond donors (Lipinski definition) is 1. The van der Waals surface area contributed by atoms with Crippen LogP contribution in [-0.4, -0.2) is 35.8 Å². The molecule has 0 aliphatic heterocycles. The number of rotatable bonds is 6. The molecular weight excluding hydrogens is 234 g/mol. The molecule has 3 nitrogen and oxygen atoms in total. The van der Waals surface area contributed by atoms with Crippen LogP contribution in [0.15, 0.2) is 29.2 Å². The molecule has 0 aliphatic carbocycles. The van der Waals surface area contributed by atoms with Gasteiger partial charge in [0.25, 0.3) is 0 Å². The highest BCUT2D eigenvalue weighted by atomic mass is 32.2. The molecule has 1 aromatic carbocycles. The zero-order valence-electron chi connectivity index (χ0n) is 10.5. The summed E-state index contributed by atoms with van der Waals surface area (Å²) >= 11 is 1.79. The van der Waals surface area contributed by atoms with E-state index in [1.807, 2.05) is 31.1 Å². The number of thioether (sulfide) groups is 1. The second kappa shape index (κ2) is 6.67. The molecule has 0 heterocycles. The first-order chi connectivity index (χ1) is 8.04. The monoisotopic (exact) mass is 253 g/mol. The lowest BCUT2D eigenvalue weighted by atomic mass is 10.0. The van der Waals surface area contributed by atoms with Crippen molar-refractivity contribution >= 4 is 17.7 Å². The Balaban J connectivity index is 2.83. The van der Waals surface area contributed by atoms with Gasteiger partial charge in [0.05, 0.1) is 6.42 Å². The van der Waals surface area contributed by atoms with Crippen LogP contribution in [0, 0.1) is 0 Å². The molecule has 0 aromatic heterocycles. The maximum atomic E-state index is 10.8. The number of carbonyl (C=O) groups is 1. The maximum absolute atomic E-state index is 10.8. The molecular formula is C13H19NO2S. The van der Waals surface area contributed by atoms with Crippen LogP contribution in [0.1, 0.15) is 24.9 Å². The molecule has 0 saturated carbocycles. The van der Waals surface area contributed by atoms with Gasteiger partial charge in [-0.3, -0.25) is 4.79 Å². The van der Waals surface area contributed by atoms with Crippen molar-refractivity contribution in [1.29, 1.82) is 0 Å². The summed E-state index contributed by atoms with van der Waals surface area (Å²) in [6, 6.07) is 8.09. The fourth-order valence-electron chi connectivity index (χ4n) is 1.72. The fraction of sp³-hybridized carbons (Fsp3) is 0.462. The van der Waals surface area contributed by atoms with E-state index in [9.17, 15) is 4.79 Å². The highest BCUT2D eigenvalue weighted by molar-refractivity contribution is 7.99. The number of hydrogen-bond acceptors (Lipinski definition) is 3. The molecule has 0 saturated heterocycles. The Kier molecular flexibility index (Phi) is 5.51. The predicted molar refractivity (Wildman–Crippen MR) is 71.5 cm³/mol. The zero-order chi connectivity index (χ0) is 12.8. The fourth-order valence-corrected chi connectivity index (χ4v) is 2.38. The molecule has 1 aromatic rings. The molecule has 0 spiro atoms. The second-order valence-electron chi connectivity index (χ2n) is 4.08. The van der Waals surface area contributed by atoms with Gasteiger partial charge in [0.1, 0.15) is 0 Å². The Morgan fingerprint density at radius 1 is 1.35 bits per heavy atom. The molecule has 0 fully saturated rings. The van der Waals surface area contributed by atoms with Crippen LogP contribution in [0.2, 0.25) is 0 Å². The second-order valence-corrected chi connectivity index (χ2v) is 5.42. The third-order valence-corrected chi connectivity index (χ3v) is 3.46. The Morgan fingerprint density at radius 2 is 1.94 bits per heavy atom. The van der Waals surface area contributed by atoms with E-state index in [2.05, 4.69) is 19.1 Å². The Bertz CT molecular complexity index is 362. The summed E-state index contributed by atoms with van der Waals surface area (Å²) in [6.45, 7) is 2.12. The molecule has 17 heavy (non-hydrogen) atoms. The van der Waals surface area contributed by atoms with Gasteiger partial charge in [0.15, 0.2) is 0 Å². The van der Waals surface area contributed by atoms with Gasteiger partial charge < -0.3 is 10.0 Å². The first-order valence-electron chi connectivity index (χ1n) is 5.65. The van der Waals surface area contributed by atoms with E-state index in [4.69, 9.17) is 5.11 Å². The van der Waals surface area contributed by atoms with Gasteiger partial charge in [-0.25, -0.2) is 0 Å². The maximum Gasteiger partial charge on any atom is 0.305 e. The predicted octanol–water partition coefficient (Wildman–Crippen LogP) is 2.88. The summed E-state index contributed by atoms with van der Waals surface area (Å²) in [5.74, 6) is 0.279. The number of aliphatic carboxylic acids is 1. The van der Waals surface area contributed by atoms with E-state index >= 15 is 0 Å². The van der Waals surface area contributed by atoms with Crippen molar-refractivity contribution in [2.24, 2.45) is 0 Å². The lowest BCUT2D eigenvalue weighted by Crippen LogP contribution is -2.22. The minimum Gasteiger partial charge on any atom is -0.481 e. The van der Waals surface area contributed by atoms with E-state index in [-0.39, 0.29) is 12.5 Å². The van der Waals surface area contributed by atoms with E-state index in [0.717, 1.165) is 11.3 Å². The standard InChI is InChI=1S/C13H19NO2S/c1-4-17-11-7-5-10(6-8-11)12(14(2)3)9-13(15)16/h5-8,12H,4,9H2,1-3H3,(H,15,16). The Labute approximate surface area is 107 Å². The molecule has 4 heteroatoms. The van der Waals surface area contributed by atoms with E-state index in [0.29, 0.717) is 0 Å². The summed E-state index contributed by atoms with van der Waals surface area (Å²) in [7, 11) is 3.81. The smallest absolute Gasteiger partial charge is 0.305 e. The van der Waals surface area contributed by atoms with Crippen LogP contribution in [0.25, 0.3) is 0 Å². The summed E-state index contributed by atoms with van der Waals surface area (Å²) in [5, 5.41) is 8.90. The van der Waals surface area contributed by atoms with Gasteiger partial charge in [-0.15, -0.1) is 11.8 Å². The lowest BCUT2D eigenvalue weighted by molar-refractivity contribution is -0.138. The normalized spacial score (nSPS) is 12.7. The van der Waals surface area contributed by atoms with Gasteiger partial charge in [0, 0.05) is 10.9 Å². The van der Waals surface area contributed by atoms with Crippen molar-refractivity contribution in [2.75, 3.05) is 19.8 Å². The molecule has 1 rings (SSSR count). The van der Waals surface area contributed by atoms with Crippen LogP contribution in [0.5, 0.6) is 0 Å². The van der Waals surface area contributed by atoms with Crippen LogP contribution < -0.4 is 0 Å². The Hall–Kier alpha value is -1.00. The van der Waals surface area contributed by atoms with Crippen LogP contribution in [0.4, 0.5) is 0 Å². The van der Waals surface area contributed by atoms with Crippen molar-refractivity contribution < 1.29 is 9.90 Å². The first kappa shape index (κ1) is 14.1. The van der Waals surface area contributed by atoms with Crippen LogP contribution in [-0.2, 0) is 4.79 Å². The topological polar surface area (TPSA) is 40.5 Å². The van der Waals surface area contributed by atoms with Crippen molar-refractivity contribution in [3.63, 3.8) is 0 Å². The number of carboxylic acid groups (broad SMARTS) is 1. The average molecular weight is 253 g/mol. The molecule has 0 bridgehead atoms. The largest absolute Gasteiger partial charge is 0.481 e. The van der Waals surface area contributed by atoms with Crippen LogP contribution in [0.3, 0.4) is 0 Å². The SMILES string of the molecule is CCSc1ccc(C(CC(=O)O)N(C)C)cc1. The van der Waals surface area contributed by atoms with Crippen LogP contribution >= 0.6 is 11.8 Å². The van der Waals surface area contributed by atoms with Gasteiger partial charge in [-0.05, 0) is 37.5 Å². The zero-order valence-corrected chi connectivity index (χ0v) is 11.3. The van der Waals surface area contributed by atoms with Crippen molar-refractivity contribution in [3.8, 4) is 0 Å².